The fourth-order valence-electron chi connectivity index (χ4n) is 3.35. The number of carbonyl (C=O) groups excluding carboxylic acids is 1. The van der Waals surface area contributed by atoms with Gasteiger partial charge in [-0.15, -0.1) is 0 Å². The summed E-state index contributed by atoms with van der Waals surface area (Å²) >= 11 is 0. The average molecular weight is 329 g/mol. The summed E-state index contributed by atoms with van der Waals surface area (Å²) in [6.07, 6.45) is 5.90. The number of hydrogen-bond donors (Lipinski definition) is 0. The highest BCUT2D eigenvalue weighted by atomic mass is 16.5. The van der Waals surface area contributed by atoms with E-state index in [0.29, 0.717) is 25.6 Å². The van der Waals surface area contributed by atoms with Gasteiger partial charge in [0.15, 0.2) is 0 Å². The summed E-state index contributed by atoms with van der Waals surface area (Å²) in [4.78, 5) is 25.0. The normalized spacial score (nSPS) is 24.3. The summed E-state index contributed by atoms with van der Waals surface area (Å²) in [5.74, 6) is 1.25. The number of amides is 1. The van der Waals surface area contributed by atoms with E-state index in [4.69, 9.17) is 9.26 Å². The van der Waals surface area contributed by atoms with E-state index >= 15 is 0 Å². The van der Waals surface area contributed by atoms with Crippen molar-refractivity contribution in [1.82, 2.24) is 20.0 Å². The van der Waals surface area contributed by atoms with Gasteiger partial charge in [0.1, 0.15) is 0 Å². The predicted octanol–water partition coefficient (Wildman–Crippen LogP) is 0.832. The van der Waals surface area contributed by atoms with Gasteiger partial charge in [-0.3, -0.25) is 4.79 Å². The first kappa shape index (κ1) is 15.1. The molecule has 1 amide bonds. The number of nitrogens with zero attached hydrogens (tertiary/aromatic N) is 5. The van der Waals surface area contributed by atoms with Gasteiger partial charge in [-0.25, -0.2) is 9.97 Å². The zero-order valence-electron chi connectivity index (χ0n) is 13.2. The minimum absolute atomic E-state index is 0.0272. The van der Waals surface area contributed by atoms with Gasteiger partial charge in [0.25, 0.3) is 5.91 Å². The van der Waals surface area contributed by atoms with Crippen LogP contribution in [0.5, 0.6) is 0 Å². The molecule has 0 aliphatic carbocycles. The fraction of sp³-hybridized carbons (Fsp3) is 0.500. The molecule has 0 bridgehead atoms. The molecule has 2 aliphatic heterocycles. The monoisotopic (exact) mass is 329 g/mol. The Labute approximate surface area is 139 Å². The van der Waals surface area contributed by atoms with Gasteiger partial charge < -0.3 is 19.1 Å². The lowest BCUT2D eigenvalue weighted by Gasteiger charge is -2.37. The fourth-order valence-corrected chi connectivity index (χ4v) is 3.35. The molecule has 4 heterocycles. The van der Waals surface area contributed by atoms with Crippen molar-refractivity contribution in [3.05, 3.63) is 36.5 Å². The second kappa shape index (κ2) is 6.56. The first-order valence-electron chi connectivity index (χ1n) is 8.15. The van der Waals surface area contributed by atoms with Crippen molar-refractivity contribution in [3.63, 3.8) is 0 Å². The minimum atomic E-state index is -0.123. The van der Waals surface area contributed by atoms with Crippen LogP contribution in [0, 0.1) is 5.92 Å². The number of likely N-dealkylation sites (tertiary alicyclic amines) is 1. The summed E-state index contributed by atoms with van der Waals surface area (Å²) in [5.41, 5.74) is 0. The van der Waals surface area contributed by atoms with Crippen LogP contribution in [0.4, 0.5) is 5.95 Å². The van der Waals surface area contributed by atoms with E-state index in [9.17, 15) is 4.79 Å². The Morgan fingerprint density at radius 3 is 2.83 bits per heavy atom. The van der Waals surface area contributed by atoms with E-state index < -0.39 is 0 Å². The molecule has 24 heavy (non-hydrogen) atoms. The molecule has 2 fully saturated rings. The Kier molecular flexibility index (Phi) is 4.12. The van der Waals surface area contributed by atoms with Crippen LogP contribution in [0.15, 0.2) is 35.2 Å². The van der Waals surface area contributed by atoms with Gasteiger partial charge in [-0.2, -0.15) is 0 Å². The minimum Gasteiger partial charge on any atom is -0.374 e. The van der Waals surface area contributed by atoms with E-state index in [1.165, 1.54) is 6.20 Å². The van der Waals surface area contributed by atoms with E-state index in [1.807, 2.05) is 6.07 Å². The van der Waals surface area contributed by atoms with Crippen molar-refractivity contribution in [1.29, 1.82) is 0 Å². The van der Waals surface area contributed by atoms with Gasteiger partial charge in [-0.1, -0.05) is 5.16 Å². The SMILES string of the molecule is O=C(c1ccno1)N1CC[C@H]2CN(c3ncccn3)CCO[C@H]2C1. The van der Waals surface area contributed by atoms with Crippen molar-refractivity contribution in [3.8, 4) is 0 Å². The van der Waals surface area contributed by atoms with Gasteiger partial charge >= 0.3 is 0 Å². The molecule has 2 aliphatic rings. The number of fused-ring (bicyclic) bond motifs is 1. The largest absolute Gasteiger partial charge is 0.374 e. The van der Waals surface area contributed by atoms with Gasteiger partial charge in [-0.05, 0) is 12.5 Å². The number of rotatable bonds is 2. The molecule has 126 valence electrons. The van der Waals surface area contributed by atoms with Crippen LogP contribution in [0.2, 0.25) is 0 Å². The van der Waals surface area contributed by atoms with Crippen molar-refractivity contribution >= 4 is 11.9 Å². The number of ether oxygens (including phenoxy) is 1. The number of hydrogen-bond acceptors (Lipinski definition) is 7. The van der Waals surface area contributed by atoms with E-state index in [-0.39, 0.29) is 17.8 Å². The number of anilines is 1. The van der Waals surface area contributed by atoms with Crippen LogP contribution in [0.3, 0.4) is 0 Å². The molecular weight excluding hydrogens is 310 g/mol. The summed E-state index contributed by atoms with van der Waals surface area (Å²) in [6, 6.07) is 3.41. The van der Waals surface area contributed by atoms with E-state index in [0.717, 1.165) is 25.5 Å². The Bertz CT molecular complexity index is 678. The smallest absolute Gasteiger partial charge is 0.292 e. The molecule has 0 spiro atoms. The second-order valence-electron chi connectivity index (χ2n) is 6.08. The first-order chi connectivity index (χ1) is 11.8. The molecule has 0 N–H and O–H groups in total. The Morgan fingerprint density at radius 2 is 2.04 bits per heavy atom. The third-order valence-corrected chi connectivity index (χ3v) is 4.61. The standard InChI is InChI=1S/C16H19N5O3/c22-15(13-2-6-19-24-13)20-7-3-12-10-21(8-9-23-14(12)11-20)16-17-4-1-5-18-16/h1-2,4-6,12,14H,3,7-11H2/t12-,14-/m0/s1. The molecule has 2 aromatic heterocycles. The number of carbonyl (C=O) groups is 1. The maximum atomic E-state index is 12.4. The highest BCUT2D eigenvalue weighted by Gasteiger charge is 2.36. The van der Waals surface area contributed by atoms with Crippen molar-refractivity contribution in [2.45, 2.75) is 12.5 Å². The average Bonchev–Trinajstić information content (AvgIpc) is 3.08. The molecule has 0 unspecified atom stereocenters. The molecule has 2 aromatic rings. The Morgan fingerprint density at radius 1 is 1.17 bits per heavy atom. The van der Waals surface area contributed by atoms with Crippen LogP contribution in [0.1, 0.15) is 17.0 Å². The number of aromatic nitrogens is 3. The Balaban J connectivity index is 1.44. The third kappa shape index (κ3) is 2.96. The summed E-state index contributed by atoms with van der Waals surface area (Å²) < 4.78 is 11.0. The predicted molar refractivity (Wildman–Crippen MR) is 84.5 cm³/mol. The highest BCUT2D eigenvalue weighted by molar-refractivity contribution is 5.91. The topological polar surface area (TPSA) is 84.6 Å². The van der Waals surface area contributed by atoms with E-state index in [2.05, 4.69) is 20.0 Å². The second-order valence-corrected chi connectivity index (χ2v) is 6.08. The lowest BCUT2D eigenvalue weighted by atomic mass is 9.93. The van der Waals surface area contributed by atoms with Crippen LogP contribution in [-0.2, 0) is 4.74 Å². The first-order valence-corrected chi connectivity index (χ1v) is 8.15. The molecule has 8 nitrogen and oxygen atoms in total. The lowest BCUT2D eigenvalue weighted by Crippen LogP contribution is -2.49. The molecular formula is C16H19N5O3. The molecule has 0 radical (unpaired) electrons. The van der Waals surface area contributed by atoms with Crippen molar-refractivity contribution < 1.29 is 14.1 Å². The van der Waals surface area contributed by atoms with Crippen LogP contribution >= 0.6 is 0 Å². The molecule has 4 rings (SSSR count). The van der Waals surface area contributed by atoms with Crippen LogP contribution in [0.25, 0.3) is 0 Å². The van der Waals surface area contributed by atoms with Crippen LogP contribution in [-0.4, -0.2) is 64.8 Å². The number of piperidine rings is 1. The van der Waals surface area contributed by atoms with E-state index in [1.54, 1.807) is 23.4 Å². The molecule has 2 atom stereocenters. The maximum absolute atomic E-state index is 12.4. The van der Waals surface area contributed by atoms with Gasteiger partial charge in [0, 0.05) is 50.6 Å². The van der Waals surface area contributed by atoms with Gasteiger partial charge in [0.2, 0.25) is 11.7 Å². The lowest BCUT2D eigenvalue weighted by molar-refractivity contribution is -0.0178. The molecule has 0 aromatic carbocycles. The summed E-state index contributed by atoms with van der Waals surface area (Å²) in [5, 5.41) is 3.60. The Hall–Kier alpha value is -2.48. The summed E-state index contributed by atoms with van der Waals surface area (Å²) in [7, 11) is 0. The van der Waals surface area contributed by atoms with Gasteiger partial charge in [0.05, 0.1) is 18.9 Å². The molecule has 0 saturated carbocycles. The zero-order chi connectivity index (χ0) is 16.4. The van der Waals surface area contributed by atoms with Crippen molar-refractivity contribution in [2.75, 3.05) is 37.7 Å². The maximum Gasteiger partial charge on any atom is 0.292 e. The zero-order valence-corrected chi connectivity index (χ0v) is 13.2. The van der Waals surface area contributed by atoms with Crippen molar-refractivity contribution in [2.24, 2.45) is 5.92 Å². The third-order valence-electron chi connectivity index (χ3n) is 4.61. The molecule has 8 heteroatoms. The summed E-state index contributed by atoms with van der Waals surface area (Å²) in [6.45, 7) is 3.47. The quantitative estimate of drug-likeness (QED) is 0.807. The van der Waals surface area contributed by atoms with Crippen LogP contribution < -0.4 is 4.90 Å². The highest BCUT2D eigenvalue weighted by Crippen LogP contribution is 2.26. The molecule has 2 saturated heterocycles.